The molecule has 2 aliphatic heterocycles. The quantitative estimate of drug-likeness (QED) is 0.848. The summed E-state index contributed by atoms with van der Waals surface area (Å²) in [6.45, 7) is 6.20. The lowest BCUT2D eigenvalue weighted by atomic mass is 10.00. The summed E-state index contributed by atoms with van der Waals surface area (Å²) in [5.41, 5.74) is 4.79. The van der Waals surface area contributed by atoms with Gasteiger partial charge < -0.3 is 14.5 Å². The maximum atomic E-state index is 13.1. The minimum absolute atomic E-state index is 0.0182. The van der Waals surface area contributed by atoms with Crippen LogP contribution in [0.15, 0.2) is 48.5 Å². The Morgan fingerprint density at radius 2 is 1.85 bits per heavy atom. The average Bonchev–Trinajstić information content (AvgIpc) is 3.12. The van der Waals surface area contributed by atoms with Gasteiger partial charge in [-0.2, -0.15) is 0 Å². The first kappa shape index (κ1) is 17.1. The lowest BCUT2D eigenvalue weighted by Gasteiger charge is -2.30. The molecule has 0 bridgehead atoms. The van der Waals surface area contributed by atoms with Crippen LogP contribution < -0.4 is 9.80 Å². The van der Waals surface area contributed by atoms with E-state index < -0.39 is 0 Å². The number of amides is 1. The van der Waals surface area contributed by atoms with E-state index in [1.165, 1.54) is 16.8 Å². The second-order valence-corrected chi connectivity index (χ2v) is 7.24. The fourth-order valence-electron chi connectivity index (χ4n) is 3.94. The summed E-state index contributed by atoms with van der Waals surface area (Å²) in [5.74, 6) is 0.210. The van der Waals surface area contributed by atoms with Gasteiger partial charge in [0.1, 0.15) is 0 Å². The number of benzene rings is 2. The van der Waals surface area contributed by atoms with Crippen molar-refractivity contribution in [2.45, 2.75) is 19.8 Å². The number of fused-ring (bicyclic) bond motifs is 1. The highest BCUT2D eigenvalue weighted by atomic mass is 16.5. The van der Waals surface area contributed by atoms with Gasteiger partial charge in [-0.3, -0.25) is 4.79 Å². The number of hydrogen-bond donors (Lipinski definition) is 0. The molecule has 1 saturated heterocycles. The highest BCUT2D eigenvalue weighted by Gasteiger charge is 2.29. The number of carbonyl (C=O) groups excluding carboxylic acids is 1. The van der Waals surface area contributed by atoms with E-state index in [0.29, 0.717) is 0 Å². The van der Waals surface area contributed by atoms with Crippen LogP contribution >= 0.6 is 0 Å². The van der Waals surface area contributed by atoms with Gasteiger partial charge in [0, 0.05) is 36.9 Å². The molecule has 0 spiro atoms. The van der Waals surface area contributed by atoms with Crippen molar-refractivity contribution in [1.29, 1.82) is 0 Å². The van der Waals surface area contributed by atoms with Gasteiger partial charge in [0.2, 0.25) is 5.91 Å². The zero-order chi connectivity index (χ0) is 17.9. The summed E-state index contributed by atoms with van der Waals surface area (Å²) in [4.78, 5) is 17.4. The van der Waals surface area contributed by atoms with Gasteiger partial charge in [0.05, 0.1) is 13.2 Å². The van der Waals surface area contributed by atoms with E-state index in [2.05, 4.69) is 35.2 Å². The van der Waals surface area contributed by atoms with Crippen molar-refractivity contribution < 1.29 is 9.53 Å². The van der Waals surface area contributed by atoms with Crippen molar-refractivity contribution in [3.8, 4) is 0 Å². The molecule has 2 heterocycles. The van der Waals surface area contributed by atoms with E-state index in [4.69, 9.17) is 4.74 Å². The van der Waals surface area contributed by atoms with Crippen LogP contribution in [-0.2, 0) is 22.4 Å². The molecule has 1 fully saturated rings. The van der Waals surface area contributed by atoms with E-state index in [-0.39, 0.29) is 11.8 Å². The molecule has 0 aliphatic carbocycles. The molecule has 2 aromatic rings. The summed E-state index contributed by atoms with van der Waals surface area (Å²) in [7, 11) is 0. The van der Waals surface area contributed by atoms with Gasteiger partial charge >= 0.3 is 0 Å². The molecule has 2 aromatic carbocycles. The van der Waals surface area contributed by atoms with Crippen LogP contribution in [0.2, 0.25) is 0 Å². The van der Waals surface area contributed by atoms with Crippen molar-refractivity contribution >= 4 is 17.3 Å². The second-order valence-electron chi connectivity index (χ2n) is 7.24. The second kappa shape index (κ2) is 7.50. The molecular weight excluding hydrogens is 324 g/mol. The summed E-state index contributed by atoms with van der Waals surface area (Å²) in [6.07, 6.45) is 1.73. The van der Waals surface area contributed by atoms with Crippen molar-refractivity contribution in [1.82, 2.24) is 0 Å². The minimum atomic E-state index is -0.0182. The molecule has 26 heavy (non-hydrogen) atoms. The zero-order valence-corrected chi connectivity index (χ0v) is 15.4. The summed E-state index contributed by atoms with van der Waals surface area (Å²) < 4.78 is 5.46. The Morgan fingerprint density at radius 1 is 1.08 bits per heavy atom. The molecule has 0 N–H and O–H groups in total. The van der Waals surface area contributed by atoms with Crippen molar-refractivity contribution in [2.75, 3.05) is 42.6 Å². The monoisotopic (exact) mass is 350 g/mol. The van der Waals surface area contributed by atoms with Crippen LogP contribution in [-0.4, -0.2) is 38.8 Å². The van der Waals surface area contributed by atoms with Gasteiger partial charge in [-0.05, 0) is 36.1 Å². The predicted molar refractivity (Wildman–Crippen MR) is 105 cm³/mol. The molecular formula is C22H26N2O2. The molecule has 1 unspecified atom stereocenters. The first-order valence-electron chi connectivity index (χ1n) is 9.53. The fraction of sp³-hybridized carbons (Fsp3) is 0.409. The molecule has 136 valence electrons. The van der Waals surface area contributed by atoms with Crippen molar-refractivity contribution in [2.24, 2.45) is 5.92 Å². The van der Waals surface area contributed by atoms with E-state index in [1.807, 2.05) is 30.0 Å². The maximum Gasteiger partial charge on any atom is 0.230 e. The maximum absolute atomic E-state index is 13.1. The Bertz CT molecular complexity index is 769. The molecule has 4 heteroatoms. The number of carbonyl (C=O) groups is 1. The molecule has 4 rings (SSSR count). The number of morpholine rings is 1. The summed E-state index contributed by atoms with van der Waals surface area (Å²) in [5, 5.41) is 0. The Hall–Kier alpha value is -2.33. The fourth-order valence-corrected chi connectivity index (χ4v) is 3.94. The van der Waals surface area contributed by atoms with Gasteiger partial charge in [-0.15, -0.1) is 0 Å². The number of nitrogens with zero attached hydrogens (tertiary/aromatic N) is 2. The molecule has 1 atom stereocenters. The largest absolute Gasteiger partial charge is 0.378 e. The first-order chi connectivity index (χ1) is 12.7. The van der Waals surface area contributed by atoms with Crippen LogP contribution in [0, 0.1) is 5.92 Å². The lowest BCUT2D eigenvalue weighted by molar-refractivity contribution is -0.121. The number of hydrogen-bond acceptors (Lipinski definition) is 3. The highest BCUT2D eigenvalue weighted by Crippen LogP contribution is 2.33. The van der Waals surface area contributed by atoms with Gasteiger partial charge in [-0.1, -0.05) is 43.3 Å². The SMILES string of the molecule is CC(Cc1ccccc1)C(=O)N1CCc2ccc(N3CCOCC3)cc21. The number of ether oxygens (including phenoxy) is 1. The first-order valence-corrected chi connectivity index (χ1v) is 9.53. The lowest BCUT2D eigenvalue weighted by Crippen LogP contribution is -2.37. The Balaban J connectivity index is 1.51. The van der Waals surface area contributed by atoms with Crippen molar-refractivity contribution in [3.63, 3.8) is 0 Å². The molecule has 0 saturated carbocycles. The smallest absolute Gasteiger partial charge is 0.230 e. The van der Waals surface area contributed by atoms with E-state index in [0.717, 1.165) is 51.4 Å². The highest BCUT2D eigenvalue weighted by molar-refractivity contribution is 5.97. The third-order valence-electron chi connectivity index (χ3n) is 5.41. The van der Waals surface area contributed by atoms with Crippen molar-refractivity contribution in [3.05, 3.63) is 59.7 Å². The van der Waals surface area contributed by atoms with Gasteiger partial charge in [0.25, 0.3) is 0 Å². The van der Waals surface area contributed by atoms with Crippen LogP contribution in [0.1, 0.15) is 18.1 Å². The summed E-state index contributed by atoms with van der Waals surface area (Å²) in [6, 6.07) is 16.8. The normalized spacial score (nSPS) is 17.9. The molecule has 0 aromatic heterocycles. The van der Waals surface area contributed by atoms with E-state index in [9.17, 15) is 4.79 Å². The Labute approximate surface area is 155 Å². The standard InChI is InChI=1S/C22H26N2O2/c1-17(15-18-5-3-2-4-6-18)22(25)24-10-9-19-7-8-20(16-21(19)24)23-11-13-26-14-12-23/h2-8,16-17H,9-15H2,1H3. The molecule has 0 radical (unpaired) electrons. The minimum Gasteiger partial charge on any atom is -0.378 e. The number of anilines is 2. The average molecular weight is 350 g/mol. The third kappa shape index (κ3) is 3.47. The topological polar surface area (TPSA) is 32.8 Å². The summed E-state index contributed by atoms with van der Waals surface area (Å²) >= 11 is 0. The van der Waals surface area contributed by atoms with Crippen LogP contribution in [0.3, 0.4) is 0 Å². The Kier molecular flexibility index (Phi) is 4.93. The van der Waals surface area contributed by atoms with Gasteiger partial charge in [-0.25, -0.2) is 0 Å². The van der Waals surface area contributed by atoms with Gasteiger partial charge in [0.15, 0.2) is 0 Å². The molecule has 2 aliphatic rings. The molecule has 1 amide bonds. The number of rotatable bonds is 4. The molecule has 4 nitrogen and oxygen atoms in total. The zero-order valence-electron chi connectivity index (χ0n) is 15.4. The predicted octanol–water partition coefficient (Wildman–Crippen LogP) is 3.29. The third-order valence-corrected chi connectivity index (χ3v) is 5.41. The Morgan fingerprint density at radius 3 is 2.62 bits per heavy atom. The van der Waals surface area contributed by atoms with E-state index >= 15 is 0 Å². The van der Waals surface area contributed by atoms with Crippen LogP contribution in [0.25, 0.3) is 0 Å². The van der Waals surface area contributed by atoms with Crippen LogP contribution in [0.4, 0.5) is 11.4 Å². The van der Waals surface area contributed by atoms with Crippen LogP contribution in [0.5, 0.6) is 0 Å². The van der Waals surface area contributed by atoms with E-state index in [1.54, 1.807) is 0 Å².